The van der Waals surface area contributed by atoms with Gasteiger partial charge in [0.15, 0.2) is 5.13 Å². The maximum absolute atomic E-state index is 4.82. The predicted octanol–water partition coefficient (Wildman–Crippen LogP) is 3.83. The zero-order valence-corrected chi connectivity index (χ0v) is 13.5. The van der Waals surface area contributed by atoms with Gasteiger partial charge in [-0.25, -0.2) is 4.98 Å². The smallest absolute Gasteiger partial charge is 0.185 e. The molecule has 1 unspecified atom stereocenters. The number of anilines is 1. The summed E-state index contributed by atoms with van der Waals surface area (Å²) < 4.78 is 0. The molecular formula is C15H27N3S. The van der Waals surface area contributed by atoms with Crippen LogP contribution < -0.4 is 10.2 Å². The van der Waals surface area contributed by atoms with Crippen LogP contribution in [0.2, 0.25) is 0 Å². The van der Waals surface area contributed by atoms with Crippen molar-refractivity contribution in [1.29, 1.82) is 0 Å². The molecule has 0 radical (unpaired) electrons. The molecule has 1 aromatic heterocycles. The summed E-state index contributed by atoms with van der Waals surface area (Å²) in [6.07, 6.45) is 3.88. The van der Waals surface area contributed by atoms with E-state index in [1.807, 2.05) is 0 Å². The van der Waals surface area contributed by atoms with E-state index < -0.39 is 0 Å². The zero-order chi connectivity index (χ0) is 13.9. The maximum atomic E-state index is 4.82. The van der Waals surface area contributed by atoms with E-state index in [0.717, 1.165) is 19.6 Å². The fraction of sp³-hybridized carbons (Fsp3) is 0.800. The predicted molar refractivity (Wildman–Crippen MR) is 84.1 cm³/mol. The molecule has 2 heterocycles. The normalized spacial score (nSPS) is 21.2. The van der Waals surface area contributed by atoms with Crippen LogP contribution >= 0.6 is 11.3 Å². The van der Waals surface area contributed by atoms with Crippen LogP contribution in [0.25, 0.3) is 0 Å². The minimum Gasteiger partial charge on any atom is -0.348 e. The molecule has 1 aliphatic rings. The third kappa shape index (κ3) is 3.93. The number of thiazole rings is 1. The molecule has 0 amide bonds. The van der Waals surface area contributed by atoms with Crippen molar-refractivity contribution in [2.24, 2.45) is 5.41 Å². The van der Waals surface area contributed by atoms with Crippen molar-refractivity contribution in [2.45, 2.75) is 53.0 Å². The molecular weight excluding hydrogens is 254 g/mol. The number of nitrogens with zero attached hydrogens (tertiary/aromatic N) is 2. The quantitative estimate of drug-likeness (QED) is 0.909. The highest BCUT2D eigenvalue weighted by Crippen LogP contribution is 2.33. The van der Waals surface area contributed by atoms with Crippen molar-refractivity contribution >= 4 is 16.5 Å². The largest absolute Gasteiger partial charge is 0.348 e. The van der Waals surface area contributed by atoms with Crippen molar-refractivity contribution in [2.75, 3.05) is 24.5 Å². The number of hydrogen-bond donors (Lipinski definition) is 1. The average molecular weight is 281 g/mol. The Balaban J connectivity index is 2.02. The molecule has 3 nitrogen and oxygen atoms in total. The van der Waals surface area contributed by atoms with Crippen LogP contribution in [0.3, 0.4) is 0 Å². The Hall–Kier alpha value is -0.610. The second-order valence-electron chi connectivity index (χ2n) is 6.34. The molecule has 0 aromatic carbocycles. The van der Waals surface area contributed by atoms with Gasteiger partial charge in [-0.1, -0.05) is 20.8 Å². The van der Waals surface area contributed by atoms with Gasteiger partial charge >= 0.3 is 0 Å². The van der Waals surface area contributed by atoms with Gasteiger partial charge in [0, 0.05) is 24.5 Å². The van der Waals surface area contributed by atoms with Crippen LogP contribution in [0.5, 0.6) is 0 Å². The highest BCUT2D eigenvalue weighted by molar-refractivity contribution is 7.13. The van der Waals surface area contributed by atoms with Crippen LogP contribution in [0.4, 0.5) is 5.13 Å². The zero-order valence-electron chi connectivity index (χ0n) is 12.7. The van der Waals surface area contributed by atoms with Gasteiger partial charge in [0.05, 0.1) is 5.69 Å². The highest BCUT2D eigenvalue weighted by Gasteiger charge is 2.24. The van der Waals surface area contributed by atoms with Gasteiger partial charge in [-0.05, 0) is 38.1 Å². The molecule has 1 aliphatic heterocycles. The lowest BCUT2D eigenvalue weighted by atomic mass is 9.85. The summed E-state index contributed by atoms with van der Waals surface area (Å²) in [6.45, 7) is 12.4. The standard InChI is InChI=1S/C15H27N3S/c1-5-16-12(2)13-11-19-14(17-13)18-9-6-7-15(3,4)8-10-18/h11-12,16H,5-10H2,1-4H3. The van der Waals surface area contributed by atoms with Crippen LogP contribution in [-0.2, 0) is 0 Å². The lowest BCUT2D eigenvalue weighted by Gasteiger charge is -2.23. The Morgan fingerprint density at radius 2 is 2.21 bits per heavy atom. The van der Waals surface area contributed by atoms with Gasteiger partial charge in [-0.15, -0.1) is 11.3 Å². The lowest BCUT2D eigenvalue weighted by Crippen LogP contribution is -2.25. The minimum absolute atomic E-state index is 0.360. The first kappa shape index (κ1) is 14.8. The first-order valence-corrected chi connectivity index (χ1v) is 8.33. The summed E-state index contributed by atoms with van der Waals surface area (Å²) in [5, 5.41) is 6.84. The third-order valence-electron chi connectivity index (χ3n) is 4.07. The molecule has 0 saturated carbocycles. The van der Waals surface area contributed by atoms with Crippen LogP contribution in [0.15, 0.2) is 5.38 Å². The second-order valence-corrected chi connectivity index (χ2v) is 7.18. The van der Waals surface area contributed by atoms with Gasteiger partial charge in [0.1, 0.15) is 0 Å². The Morgan fingerprint density at radius 3 is 2.95 bits per heavy atom. The van der Waals surface area contributed by atoms with Crippen molar-refractivity contribution in [3.05, 3.63) is 11.1 Å². The van der Waals surface area contributed by atoms with E-state index in [1.54, 1.807) is 11.3 Å². The van der Waals surface area contributed by atoms with E-state index in [9.17, 15) is 0 Å². The summed E-state index contributed by atoms with van der Waals surface area (Å²) in [7, 11) is 0. The van der Waals surface area contributed by atoms with Crippen molar-refractivity contribution < 1.29 is 0 Å². The lowest BCUT2D eigenvalue weighted by molar-refractivity contribution is 0.325. The summed E-state index contributed by atoms with van der Waals surface area (Å²) >= 11 is 1.79. The van der Waals surface area contributed by atoms with Crippen molar-refractivity contribution in [3.63, 3.8) is 0 Å². The fourth-order valence-electron chi connectivity index (χ4n) is 2.65. The molecule has 19 heavy (non-hydrogen) atoms. The first-order valence-electron chi connectivity index (χ1n) is 7.45. The monoisotopic (exact) mass is 281 g/mol. The molecule has 1 aromatic rings. The minimum atomic E-state index is 0.360. The molecule has 0 bridgehead atoms. The summed E-state index contributed by atoms with van der Waals surface area (Å²) in [4.78, 5) is 7.30. The Morgan fingerprint density at radius 1 is 1.42 bits per heavy atom. The molecule has 4 heteroatoms. The van der Waals surface area contributed by atoms with E-state index >= 15 is 0 Å². The summed E-state index contributed by atoms with van der Waals surface area (Å²) in [6, 6.07) is 0.360. The van der Waals surface area contributed by atoms with Crippen LogP contribution in [-0.4, -0.2) is 24.6 Å². The van der Waals surface area contributed by atoms with Crippen molar-refractivity contribution in [1.82, 2.24) is 10.3 Å². The summed E-state index contributed by atoms with van der Waals surface area (Å²) in [5.74, 6) is 0. The maximum Gasteiger partial charge on any atom is 0.185 e. The number of nitrogens with one attached hydrogen (secondary N) is 1. The molecule has 108 valence electrons. The number of aromatic nitrogens is 1. The molecule has 1 fully saturated rings. The fourth-order valence-corrected chi connectivity index (χ4v) is 3.62. The van der Waals surface area contributed by atoms with Crippen molar-refractivity contribution in [3.8, 4) is 0 Å². The number of hydrogen-bond acceptors (Lipinski definition) is 4. The molecule has 0 spiro atoms. The van der Waals surface area contributed by atoms with E-state index in [1.165, 1.54) is 30.1 Å². The topological polar surface area (TPSA) is 28.2 Å². The SMILES string of the molecule is CCNC(C)c1csc(N2CCCC(C)(C)CC2)n1. The average Bonchev–Trinajstić information content (AvgIpc) is 2.76. The third-order valence-corrected chi connectivity index (χ3v) is 4.99. The first-order chi connectivity index (χ1) is 9.02. The molecule has 2 rings (SSSR count). The highest BCUT2D eigenvalue weighted by atomic mass is 32.1. The van der Waals surface area contributed by atoms with Gasteiger partial charge in [0.25, 0.3) is 0 Å². The Bertz CT molecular complexity index is 400. The van der Waals surface area contributed by atoms with Gasteiger partial charge in [-0.2, -0.15) is 0 Å². The molecule has 0 aliphatic carbocycles. The van der Waals surface area contributed by atoms with Crippen LogP contribution in [0.1, 0.15) is 58.7 Å². The van der Waals surface area contributed by atoms with Gasteiger partial charge in [0.2, 0.25) is 0 Å². The van der Waals surface area contributed by atoms with E-state index in [4.69, 9.17) is 4.98 Å². The van der Waals surface area contributed by atoms with Gasteiger partial charge in [-0.3, -0.25) is 0 Å². The molecule has 1 N–H and O–H groups in total. The van der Waals surface area contributed by atoms with E-state index in [-0.39, 0.29) is 0 Å². The Labute approximate surface area is 121 Å². The van der Waals surface area contributed by atoms with Crippen LogP contribution in [0, 0.1) is 5.41 Å². The van der Waals surface area contributed by atoms with E-state index in [2.05, 4.69) is 43.3 Å². The molecule has 1 saturated heterocycles. The van der Waals surface area contributed by atoms with Gasteiger partial charge < -0.3 is 10.2 Å². The second kappa shape index (κ2) is 6.23. The summed E-state index contributed by atoms with van der Waals surface area (Å²) in [5.41, 5.74) is 1.68. The Kier molecular flexibility index (Phi) is 4.85. The molecule has 1 atom stereocenters. The number of rotatable bonds is 4. The van der Waals surface area contributed by atoms with E-state index in [0.29, 0.717) is 11.5 Å².